The van der Waals surface area contributed by atoms with Crippen LogP contribution >= 0.6 is 11.8 Å². The second-order valence-corrected chi connectivity index (χ2v) is 7.38. The third-order valence-corrected chi connectivity index (χ3v) is 5.30. The molecule has 0 radical (unpaired) electrons. The van der Waals surface area contributed by atoms with Crippen molar-refractivity contribution in [2.45, 2.75) is 17.6 Å². The van der Waals surface area contributed by atoms with Gasteiger partial charge >= 0.3 is 0 Å². The van der Waals surface area contributed by atoms with Gasteiger partial charge in [-0.05, 0) is 36.8 Å². The van der Waals surface area contributed by atoms with E-state index in [2.05, 4.69) is 15.8 Å². The molecule has 0 aliphatic carbocycles. The Bertz CT molecular complexity index is 1070. The summed E-state index contributed by atoms with van der Waals surface area (Å²) in [6.45, 7) is 1.99. The molecule has 3 aromatic rings. The van der Waals surface area contributed by atoms with Gasteiger partial charge in [-0.1, -0.05) is 29.8 Å². The van der Waals surface area contributed by atoms with E-state index in [1.807, 2.05) is 31.2 Å². The van der Waals surface area contributed by atoms with Crippen molar-refractivity contribution in [3.05, 3.63) is 99.4 Å². The molecule has 3 rings (SSSR count). The Hall–Kier alpha value is -3.72. The summed E-state index contributed by atoms with van der Waals surface area (Å²) in [6, 6.07) is 15.1. The highest BCUT2D eigenvalue weighted by Crippen LogP contribution is 2.32. The van der Waals surface area contributed by atoms with Crippen LogP contribution in [0.1, 0.15) is 31.8 Å². The van der Waals surface area contributed by atoms with Crippen LogP contribution in [0.15, 0.2) is 71.9 Å². The zero-order valence-corrected chi connectivity index (χ0v) is 16.8. The number of carbonyl (C=O) groups is 2. The van der Waals surface area contributed by atoms with Crippen molar-refractivity contribution < 1.29 is 14.5 Å². The lowest BCUT2D eigenvalue weighted by atomic mass is 10.2. The number of rotatable bonds is 6. The molecule has 0 aliphatic heterocycles. The molecule has 0 saturated carbocycles. The molecule has 152 valence electrons. The number of hydrazine groups is 1. The minimum Gasteiger partial charge on any atom is -0.267 e. The fourth-order valence-electron chi connectivity index (χ4n) is 2.53. The Kier molecular flexibility index (Phi) is 6.76. The van der Waals surface area contributed by atoms with Crippen LogP contribution in [0.3, 0.4) is 0 Å². The molecular formula is C21H18N4O4S. The molecule has 0 spiro atoms. The molecule has 0 bridgehead atoms. The molecule has 2 amide bonds. The Morgan fingerprint density at radius 2 is 1.60 bits per heavy atom. The number of nitrogens with one attached hydrogen (secondary N) is 2. The van der Waals surface area contributed by atoms with Crippen molar-refractivity contribution in [3.8, 4) is 0 Å². The molecule has 0 fully saturated rings. The fraction of sp³-hybridized carbons (Fsp3) is 0.0952. The van der Waals surface area contributed by atoms with E-state index >= 15 is 0 Å². The summed E-state index contributed by atoms with van der Waals surface area (Å²) < 4.78 is 0. The summed E-state index contributed by atoms with van der Waals surface area (Å²) in [6.07, 6.45) is 2.90. The largest absolute Gasteiger partial charge is 0.283 e. The number of nitro groups is 1. The average molecular weight is 422 g/mol. The van der Waals surface area contributed by atoms with Gasteiger partial charge in [0.15, 0.2) is 0 Å². The highest BCUT2D eigenvalue weighted by molar-refractivity contribution is 7.98. The molecule has 0 saturated heterocycles. The van der Waals surface area contributed by atoms with Gasteiger partial charge in [0.05, 0.1) is 9.82 Å². The number of amides is 2. The minimum atomic E-state index is -0.657. The fourth-order valence-corrected chi connectivity index (χ4v) is 3.49. The maximum Gasteiger partial charge on any atom is 0.283 e. The number of carbonyl (C=O) groups excluding carboxylic acids is 2. The van der Waals surface area contributed by atoms with Crippen molar-refractivity contribution >= 4 is 29.3 Å². The van der Waals surface area contributed by atoms with Crippen LogP contribution < -0.4 is 10.9 Å². The predicted octanol–water partition coefficient (Wildman–Crippen LogP) is 3.67. The molecular weight excluding hydrogens is 404 g/mol. The molecule has 9 heteroatoms. The second kappa shape index (κ2) is 9.66. The number of hydrogen-bond donors (Lipinski definition) is 2. The van der Waals surface area contributed by atoms with Crippen LogP contribution in [-0.4, -0.2) is 21.7 Å². The van der Waals surface area contributed by atoms with Gasteiger partial charge in [0, 0.05) is 35.3 Å². The Morgan fingerprint density at radius 1 is 0.967 bits per heavy atom. The average Bonchev–Trinajstić information content (AvgIpc) is 2.77. The smallest absolute Gasteiger partial charge is 0.267 e. The first-order valence-corrected chi connectivity index (χ1v) is 9.90. The highest BCUT2D eigenvalue weighted by Gasteiger charge is 2.18. The number of aromatic nitrogens is 1. The second-order valence-electron chi connectivity index (χ2n) is 6.36. The Morgan fingerprint density at radius 3 is 2.23 bits per heavy atom. The van der Waals surface area contributed by atoms with E-state index in [-0.39, 0.29) is 11.3 Å². The summed E-state index contributed by atoms with van der Waals surface area (Å²) in [5.74, 6) is -0.615. The van der Waals surface area contributed by atoms with Gasteiger partial charge in [0.2, 0.25) is 0 Å². The maximum atomic E-state index is 12.3. The number of nitro benzene ring substituents is 1. The zero-order valence-electron chi connectivity index (χ0n) is 16.0. The van der Waals surface area contributed by atoms with Crippen LogP contribution in [0.5, 0.6) is 0 Å². The Labute approximate surface area is 176 Å². The number of benzene rings is 2. The van der Waals surface area contributed by atoms with Crippen LogP contribution in [0.2, 0.25) is 0 Å². The predicted molar refractivity (Wildman–Crippen MR) is 113 cm³/mol. The van der Waals surface area contributed by atoms with Gasteiger partial charge in [-0.25, -0.2) is 0 Å². The zero-order chi connectivity index (χ0) is 21.5. The minimum absolute atomic E-state index is 0.0661. The number of pyridine rings is 1. The SMILES string of the molecule is Cc1ccc(CSc2ccc(C(=O)NNC(=O)c3ccncc3)cc2[N+](=O)[O-])cc1. The lowest BCUT2D eigenvalue weighted by molar-refractivity contribution is -0.387. The molecule has 0 unspecified atom stereocenters. The molecule has 1 heterocycles. The van der Waals surface area contributed by atoms with E-state index in [0.29, 0.717) is 16.2 Å². The van der Waals surface area contributed by atoms with E-state index < -0.39 is 16.7 Å². The first-order chi connectivity index (χ1) is 14.4. The van der Waals surface area contributed by atoms with E-state index in [0.717, 1.165) is 11.1 Å². The van der Waals surface area contributed by atoms with Gasteiger partial charge in [-0.3, -0.25) is 35.5 Å². The van der Waals surface area contributed by atoms with Crippen LogP contribution in [0, 0.1) is 17.0 Å². The van der Waals surface area contributed by atoms with Gasteiger partial charge < -0.3 is 0 Å². The molecule has 2 aromatic carbocycles. The van der Waals surface area contributed by atoms with E-state index in [9.17, 15) is 19.7 Å². The van der Waals surface area contributed by atoms with Crippen LogP contribution in [-0.2, 0) is 5.75 Å². The standard InChI is InChI=1S/C21H18N4O4S/c1-14-2-4-15(5-3-14)13-30-19-7-6-17(12-18(19)25(28)29)21(27)24-23-20(26)16-8-10-22-11-9-16/h2-12H,13H2,1H3,(H,23,26)(H,24,27). The first-order valence-electron chi connectivity index (χ1n) is 8.91. The van der Waals surface area contributed by atoms with Crippen LogP contribution in [0.25, 0.3) is 0 Å². The van der Waals surface area contributed by atoms with Crippen molar-refractivity contribution in [1.29, 1.82) is 0 Å². The normalized spacial score (nSPS) is 10.3. The third-order valence-electron chi connectivity index (χ3n) is 4.16. The molecule has 30 heavy (non-hydrogen) atoms. The quantitative estimate of drug-likeness (QED) is 0.356. The monoisotopic (exact) mass is 422 g/mol. The van der Waals surface area contributed by atoms with Crippen molar-refractivity contribution in [2.75, 3.05) is 0 Å². The lowest BCUT2D eigenvalue weighted by Crippen LogP contribution is -2.41. The lowest BCUT2D eigenvalue weighted by Gasteiger charge is -2.09. The van der Waals surface area contributed by atoms with Gasteiger partial charge in [-0.2, -0.15) is 0 Å². The highest BCUT2D eigenvalue weighted by atomic mass is 32.2. The van der Waals surface area contributed by atoms with Gasteiger partial charge in [0.25, 0.3) is 17.5 Å². The van der Waals surface area contributed by atoms with Crippen molar-refractivity contribution in [2.24, 2.45) is 0 Å². The summed E-state index contributed by atoms with van der Waals surface area (Å²) in [5, 5.41) is 11.5. The summed E-state index contributed by atoms with van der Waals surface area (Å²) in [7, 11) is 0. The van der Waals surface area contributed by atoms with E-state index in [4.69, 9.17) is 0 Å². The van der Waals surface area contributed by atoms with Gasteiger partial charge in [-0.15, -0.1) is 11.8 Å². The van der Waals surface area contributed by atoms with Crippen LogP contribution in [0.4, 0.5) is 5.69 Å². The number of thioether (sulfide) groups is 1. The van der Waals surface area contributed by atoms with Crippen molar-refractivity contribution in [3.63, 3.8) is 0 Å². The molecule has 2 N–H and O–H groups in total. The number of hydrogen-bond acceptors (Lipinski definition) is 6. The molecule has 8 nitrogen and oxygen atoms in total. The Balaban J connectivity index is 1.67. The maximum absolute atomic E-state index is 12.3. The molecule has 0 atom stereocenters. The van der Waals surface area contributed by atoms with E-state index in [1.165, 1.54) is 54.5 Å². The van der Waals surface area contributed by atoms with Crippen molar-refractivity contribution in [1.82, 2.24) is 15.8 Å². The number of nitrogens with zero attached hydrogens (tertiary/aromatic N) is 2. The van der Waals surface area contributed by atoms with E-state index in [1.54, 1.807) is 0 Å². The summed E-state index contributed by atoms with van der Waals surface area (Å²) in [4.78, 5) is 39.5. The first kappa shape index (κ1) is 21.0. The topological polar surface area (TPSA) is 114 Å². The number of aryl methyl sites for hydroxylation is 1. The third kappa shape index (κ3) is 5.42. The summed E-state index contributed by atoms with van der Waals surface area (Å²) >= 11 is 1.32. The van der Waals surface area contributed by atoms with Gasteiger partial charge in [0.1, 0.15) is 0 Å². The summed E-state index contributed by atoms with van der Waals surface area (Å²) in [5.41, 5.74) is 6.93. The molecule has 1 aromatic heterocycles. The molecule has 0 aliphatic rings.